The molecule has 0 spiro atoms. The number of hydrogen-bond acceptors (Lipinski definition) is 3. The SMILES string of the molecule is CCN(CC)CCC(=O)N1CCN(C(=O)C(C)C)CC1. The van der Waals surface area contributed by atoms with E-state index in [0.717, 1.165) is 19.6 Å². The average molecular weight is 283 g/mol. The highest BCUT2D eigenvalue weighted by atomic mass is 16.2. The van der Waals surface area contributed by atoms with Gasteiger partial charge in [0.2, 0.25) is 11.8 Å². The van der Waals surface area contributed by atoms with Gasteiger partial charge < -0.3 is 14.7 Å². The second kappa shape index (κ2) is 8.25. The molecule has 116 valence electrons. The maximum absolute atomic E-state index is 12.1. The molecule has 1 aliphatic heterocycles. The number of piperazine rings is 1. The van der Waals surface area contributed by atoms with E-state index in [2.05, 4.69) is 18.7 Å². The molecule has 0 bridgehead atoms. The van der Waals surface area contributed by atoms with E-state index in [9.17, 15) is 9.59 Å². The third kappa shape index (κ3) is 4.78. The first-order chi connectivity index (χ1) is 9.49. The molecule has 0 N–H and O–H groups in total. The minimum absolute atomic E-state index is 0.0416. The largest absolute Gasteiger partial charge is 0.339 e. The van der Waals surface area contributed by atoms with Crippen LogP contribution in [0, 0.1) is 5.92 Å². The fourth-order valence-corrected chi connectivity index (χ4v) is 2.49. The number of carbonyl (C=O) groups is 2. The molecule has 1 aliphatic rings. The van der Waals surface area contributed by atoms with Crippen molar-refractivity contribution in [3.05, 3.63) is 0 Å². The molecule has 0 unspecified atom stereocenters. The first kappa shape index (κ1) is 17.0. The summed E-state index contributed by atoms with van der Waals surface area (Å²) in [6.45, 7) is 13.6. The van der Waals surface area contributed by atoms with Gasteiger partial charge in [0.1, 0.15) is 0 Å². The van der Waals surface area contributed by atoms with E-state index in [1.54, 1.807) is 0 Å². The standard InChI is InChI=1S/C15H29N3O2/c1-5-16(6-2)8-7-14(19)17-9-11-18(12-10-17)15(20)13(3)4/h13H,5-12H2,1-4H3. The van der Waals surface area contributed by atoms with Crippen LogP contribution < -0.4 is 0 Å². The van der Waals surface area contributed by atoms with Crippen molar-refractivity contribution in [3.8, 4) is 0 Å². The Balaban J connectivity index is 2.34. The smallest absolute Gasteiger partial charge is 0.225 e. The highest BCUT2D eigenvalue weighted by Gasteiger charge is 2.25. The maximum atomic E-state index is 12.1. The van der Waals surface area contributed by atoms with Crippen molar-refractivity contribution < 1.29 is 9.59 Å². The molecule has 1 rings (SSSR count). The molecule has 1 fully saturated rings. The van der Waals surface area contributed by atoms with E-state index in [1.807, 2.05) is 23.6 Å². The van der Waals surface area contributed by atoms with Gasteiger partial charge in [-0.25, -0.2) is 0 Å². The molecule has 1 saturated heterocycles. The van der Waals surface area contributed by atoms with Gasteiger partial charge in [-0.3, -0.25) is 9.59 Å². The van der Waals surface area contributed by atoms with Gasteiger partial charge in [0.25, 0.3) is 0 Å². The van der Waals surface area contributed by atoms with Gasteiger partial charge in [0.15, 0.2) is 0 Å². The summed E-state index contributed by atoms with van der Waals surface area (Å²) >= 11 is 0. The Kier molecular flexibility index (Phi) is 6.99. The van der Waals surface area contributed by atoms with Gasteiger partial charge in [0.05, 0.1) is 0 Å². The van der Waals surface area contributed by atoms with Crippen molar-refractivity contribution >= 4 is 11.8 Å². The summed E-state index contributed by atoms with van der Waals surface area (Å²) in [6, 6.07) is 0. The van der Waals surface area contributed by atoms with Crippen LogP contribution in [0.4, 0.5) is 0 Å². The van der Waals surface area contributed by atoms with Crippen LogP contribution in [-0.2, 0) is 9.59 Å². The van der Waals surface area contributed by atoms with Gasteiger partial charge >= 0.3 is 0 Å². The Bertz CT molecular complexity index is 319. The summed E-state index contributed by atoms with van der Waals surface area (Å²) in [4.78, 5) is 30.1. The third-order valence-corrected chi connectivity index (χ3v) is 3.97. The first-order valence-electron chi connectivity index (χ1n) is 7.78. The zero-order valence-corrected chi connectivity index (χ0v) is 13.4. The van der Waals surface area contributed by atoms with Crippen LogP contribution in [0.2, 0.25) is 0 Å². The van der Waals surface area contributed by atoms with Crippen molar-refractivity contribution in [3.63, 3.8) is 0 Å². The van der Waals surface area contributed by atoms with Gasteiger partial charge in [-0.05, 0) is 13.1 Å². The predicted molar refractivity (Wildman–Crippen MR) is 80.4 cm³/mol. The quantitative estimate of drug-likeness (QED) is 0.732. The summed E-state index contributed by atoms with van der Waals surface area (Å²) < 4.78 is 0. The molecule has 0 saturated carbocycles. The molecule has 20 heavy (non-hydrogen) atoms. The summed E-state index contributed by atoms with van der Waals surface area (Å²) in [7, 11) is 0. The summed E-state index contributed by atoms with van der Waals surface area (Å²) in [5.41, 5.74) is 0. The van der Waals surface area contributed by atoms with Crippen molar-refractivity contribution in [2.75, 3.05) is 45.8 Å². The van der Waals surface area contributed by atoms with Gasteiger partial charge in [-0.1, -0.05) is 27.7 Å². The minimum atomic E-state index is 0.0416. The molecule has 5 heteroatoms. The lowest BCUT2D eigenvalue weighted by atomic mass is 10.1. The van der Waals surface area contributed by atoms with Gasteiger partial charge in [-0.2, -0.15) is 0 Å². The minimum Gasteiger partial charge on any atom is -0.339 e. The Morgan fingerprint density at radius 1 is 1.00 bits per heavy atom. The predicted octanol–water partition coefficient (Wildman–Crippen LogP) is 1.05. The van der Waals surface area contributed by atoms with Crippen molar-refractivity contribution in [2.24, 2.45) is 5.92 Å². The molecule has 0 aromatic heterocycles. The number of rotatable bonds is 6. The zero-order valence-electron chi connectivity index (χ0n) is 13.4. The number of carbonyl (C=O) groups excluding carboxylic acids is 2. The van der Waals surface area contributed by atoms with Crippen molar-refractivity contribution in [1.29, 1.82) is 0 Å². The first-order valence-corrected chi connectivity index (χ1v) is 7.78. The van der Waals surface area contributed by atoms with E-state index in [4.69, 9.17) is 0 Å². The molecule has 0 aromatic rings. The molecule has 0 aromatic carbocycles. The average Bonchev–Trinajstić information content (AvgIpc) is 2.47. The Morgan fingerprint density at radius 2 is 1.50 bits per heavy atom. The van der Waals surface area contributed by atoms with Crippen LogP contribution in [0.25, 0.3) is 0 Å². The molecule has 0 radical (unpaired) electrons. The molecular formula is C15H29N3O2. The van der Waals surface area contributed by atoms with Crippen molar-refractivity contribution in [2.45, 2.75) is 34.1 Å². The molecule has 2 amide bonds. The summed E-state index contributed by atoms with van der Waals surface area (Å²) in [5, 5.41) is 0. The topological polar surface area (TPSA) is 43.9 Å². The van der Waals surface area contributed by atoms with Crippen LogP contribution in [-0.4, -0.2) is 72.3 Å². The highest BCUT2D eigenvalue weighted by Crippen LogP contribution is 2.08. The van der Waals surface area contributed by atoms with Crippen LogP contribution >= 0.6 is 0 Å². The lowest BCUT2D eigenvalue weighted by Gasteiger charge is -2.36. The molecule has 0 aliphatic carbocycles. The number of hydrogen-bond donors (Lipinski definition) is 0. The third-order valence-electron chi connectivity index (χ3n) is 3.97. The van der Waals surface area contributed by atoms with Crippen LogP contribution in [0.5, 0.6) is 0 Å². The molecule has 0 atom stereocenters. The summed E-state index contributed by atoms with van der Waals surface area (Å²) in [5.74, 6) is 0.453. The van der Waals surface area contributed by atoms with Crippen LogP contribution in [0.3, 0.4) is 0 Å². The van der Waals surface area contributed by atoms with Crippen LogP contribution in [0.15, 0.2) is 0 Å². The number of amides is 2. The van der Waals surface area contributed by atoms with Crippen LogP contribution in [0.1, 0.15) is 34.1 Å². The molecule has 5 nitrogen and oxygen atoms in total. The van der Waals surface area contributed by atoms with Gasteiger partial charge in [0, 0.05) is 45.1 Å². The maximum Gasteiger partial charge on any atom is 0.225 e. The normalized spacial score (nSPS) is 16.1. The van der Waals surface area contributed by atoms with E-state index in [0.29, 0.717) is 32.6 Å². The lowest BCUT2D eigenvalue weighted by Crippen LogP contribution is -2.51. The van der Waals surface area contributed by atoms with E-state index < -0.39 is 0 Å². The van der Waals surface area contributed by atoms with Crippen molar-refractivity contribution in [1.82, 2.24) is 14.7 Å². The Hall–Kier alpha value is -1.10. The second-order valence-electron chi connectivity index (χ2n) is 5.64. The fourth-order valence-electron chi connectivity index (χ4n) is 2.49. The molecule has 1 heterocycles. The summed E-state index contributed by atoms with van der Waals surface area (Å²) in [6.07, 6.45) is 0.583. The Labute approximate surface area is 122 Å². The lowest BCUT2D eigenvalue weighted by molar-refractivity contribution is -0.141. The monoisotopic (exact) mass is 283 g/mol. The molecular weight excluding hydrogens is 254 g/mol. The van der Waals surface area contributed by atoms with E-state index in [-0.39, 0.29) is 17.7 Å². The zero-order chi connectivity index (χ0) is 15.1. The Morgan fingerprint density at radius 3 is 1.95 bits per heavy atom. The number of nitrogens with zero attached hydrogens (tertiary/aromatic N) is 3. The van der Waals surface area contributed by atoms with Gasteiger partial charge in [-0.15, -0.1) is 0 Å². The van der Waals surface area contributed by atoms with E-state index in [1.165, 1.54) is 0 Å². The highest BCUT2D eigenvalue weighted by molar-refractivity contribution is 5.79. The second-order valence-corrected chi connectivity index (χ2v) is 5.64. The van der Waals surface area contributed by atoms with E-state index >= 15 is 0 Å². The fraction of sp³-hybridized carbons (Fsp3) is 0.867.